The number of hydrogen-bond acceptors (Lipinski definition) is 2. The number of carbonyl (C=O) groups excluding carboxylic acids is 1. The van der Waals surface area contributed by atoms with Crippen molar-refractivity contribution in [1.82, 2.24) is 5.32 Å². The molecule has 0 saturated heterocycles. The van der Waals surface area contributed by atoms with Crippen LogP contribution >= 0.6 is 11.6 Å². The van der Waals surface area contributed by atoms with Gasteiger partial charge in [0.05, 0.1) is 16.3 Å². The minimum atomic E-state index is -0.293. The first-order valence-corrected chi connectivity index (χ1v) is 6.52. The van der Waals surface area contributed by atoms with Gasteiger partial charge in [0, 0.05) is 6.54 Å². The molecule has 0 saturated carbocycles. The number of nitrogens with two attached hydrogens (primary N) is 1. The number of nitrogen functional groups attached to an aromatic ring is 1. The van der Waals surface area contributed by atoms with Crippen molar-refractivity contribution in [2.75, 3.05) is 12.3 Å². The topological polar surface area (TPSA) is 55.1 Å². The molecule has 2 aromatic carbocycles. The lowest BCUT2D eigenvalue weighted by Gasteiger charge is -2.08. The van der Waals surface area contributed by atoms with Gasteiger partial charge >= 0.3 is 0 Å². The van der Waals surface area contributed by atoms with Crippen molar-refractivity contribution >= 4 is 23.2 Å². The summed E-state index contributed by atoms with van der Waals surface area (Å²) >= 11 is 5.97. The monoisotopic (exact) mass is 292 g/mol. The lowest BCUT2D eigenvalue weighted by Crippen LogP contribution is -2.26. The highest BCUT2D eigenvalue weighted by molar-refractivity contribution is 6.36. The first-order chi connectivity index (χ1) is 9.58. The van der Waals surface area contributed by atoms with Gasteiger partial charge < -0.3 is 11.1 Å². The Morgan fingerprint density at radius 1 is 1.25 bits per heavy atom. The molecule has 0 spiro atoms. The summed E-state index contributed by atoms with van der Waals surface area (Å²) in [6, 6.07) is 11.2. The maximum Gasteiger partial charge on any atom is 0.252 e. The third-order valence-corrected chi connectivity index (χ3v) is 3.28. The first-order valence-electron chi connectivity index (χ1n) is 6.14. The van der Waals surface area contributed by atoms with Crippen LogP contribution in [0, 0.1) is 5.82 Å². The summed E-state index contributed by atoms with van der Waals surface area (Å²) in [7, 11) is 0. The Morgan fingerprint density at radius 3 is 2.75 bits per heavy atom. The molecule has 0 unspecified atom stereocenters. The number of hydrogen-bond donors (Lipinski definition) is 2. The number of rotatable bonds is 4. The predicted molar refractivity (Wildman–Crippen MR) is 78.3 cm³/mol. The molecule has 3 N–H and O–H groups in total. The Kier molecular flexibility index (Phi) is 4.58. The summed E-state index contributed by atoms with van der Waals surface area (Å²) in [6.07, 6.45) is 0.545. The van der Waals surface area contributed by atoms with Crippen LogP contribution in [-0.4, -0.2) is 12.5 Å². The fraction of sp³-hybridized carbons (Fsp3) is 0.133. The fourth-order valence-electron chi connectivity index (χ4n) is 1.83. The number of carbonyl (C=O) groups is 1. The van der Waals surface area contributed by atoms with Crippen molar-refractivity contribution in [3.63, 3.8) is 0 Å². The minimum absolute atomic E-state index is 0.246. The van der Waals surface area contributed by atoms with E-state index in [1.54, 1.807) is 24.3 Å². The van der Waals surface area contributed by atoms with Crippen molar-refractivity contribution < 1.29 is 9.18 Å². The lowest BCUT2D eigenvalue weighted by atomic mass is 10.1. The van der Waals surface area contributed by atoms with E-state index in [0.717, 1.165) is 5.56 Å². The zero-order valence-corrected chi connectivity index (χ0v) is 11.5. The van der Waals surface area contributed by atoms with Gasteiger partial charge in [-0.15, -0.1) is 0 Å². The summed E-state index contributed by atoms with van der Waals surface area (Å²) in [5.41, 5.74) is 7.17. The Morgan fingerprint density at radius 2 is 2.00 bits per heavy atom. The molecule has 3 nitrogen and oxygen atoms in total. The standard InChI is InChI=1S/C15H14ClFN2O/c16-14-12(5-2-6-13(14)18)15(20)19-8-7-10-3-1-4-11(17)9-10/h1-6,9H,7-8,18H2,(H,19,20). The van der Waals surface area contributed by atoms with Gasteiger partial charge in [-0.25, -0.2) is 4.39 Å². The Hall–Kier alpha value is -2.07. The Labute approximate surface area is 121 Å². The molecule has 0 bridgehead atoms. The molecule has 20 heavy (non-hydrogen) atoms. The van der Waals surface area contributed by atoms with Crippen LogP contribution in [0.5, 0.6) is 0 Å². The lowest BCUT2D eigenvalue weighted by molar-refractivity contribution is 0.0954. The smallest absolute Gasteiger partial charge is 0.252 e. The highest BCUT2D eigenvalue weighted by atomic mass is 35.5. The summed E-state index contributed by atoms with van der Waals surface area (Å²) < 4.78 is 13.0. The normalized spacial score (nSPS) is 10.3. The molecular weight excluding hydrogens is 279 g/mol. The molecule has 2 aromatic rings. The average Bonchev–Trinajstić information content (AvgIpc) is 2.42. The highest BCUT2D eigenvalue weighted by Gasteiger charge is 2.11. The summed E-state index contributed by atoms with van der Waals surface area (Å²) in [6.45, 7) is 0.396. The predicted octanol–water partition coefficient (Wildman–Crippen LogP) is 3.03. The molecule has 0 fully saturated rings. The van der Waals surface area contributed by atoms with Gasteiger partial charge in [-0.2, -0.15) is 0 Å². The van der Waals surface area contributed by atoms with Crippen LogP contribution < -0.4 is 11.1 Å². The van der Waals surface area contributed by atoms with Gasteiger partial charge in [0.25, 0.3) is 5.91 Å². The van der Waals surface area contributed by atoms with Gasteiger partial charge in [0.1, 0.15) is 5.82 Å². The second-order valence-corrected chi connectivity index (χ2v) is 4.72. The number of anilines is 1. The molecule has 1 amide bonds. The Balaban J connectivity index is 1.94. The highest BCUT2D eigenvalue weighted by Crippen LogP contribution is 2.22. The van der Waals surface area contributed by atoms with E-state index in [-0.39, 0.29) is 16.7 Å². The molecule has 0 aliphatic carbocycles. The zero-order valence-electron chi connectivity index (χ0n) is 10.7. The maximum atomic E-state index is 13.0. The maximum absolute atomic E-state index is 13.0. The molecule has 0 aliphatic rings. The van der Waals surface area contributed by atoms with Crippen LogP contribution in [0.4, 0.5) is 10.1 Å². The van der Waals surface area contributed by atoms with Gasteiger partial charge in [-0.1, -0.05) is 29.8 Å². The molecular formula is C15H14ClFN2O. The fourth-order valence-corrected chi connectivity index (χ4v) is 2.05. The SMILES string of the molecule is Nc1cccc(C(=O)NCCc2cccc(F)c2)c1Cl. The van der Waals surface area contributed by atoms with Crippen molar-refractivity contribution in [2.24, 2.45) is 0 Å². The van der Waals surface area contributed by atoms with Crippen LogP contribution in [0.15, 0.2) is 42.5 Å². The molecule has 5 heteroatoms. The minimum Gasteiger partial charge on any atom is -0.398 e. The molecule has 2 rings (SSSR count). The molecule has 104 valence electrons. The summed E-state index contributed by atoms with van der Waals surface area (Å²) in [5, 5.41) is 2.98. The summed E-state index contributed by atoms with van der Waals surface area (Å²) in [4.78, 5) is 11.9. The van der Waals surface area contributed by atoms with E-state index in [4.69, 9.17) is 17.3 Å². The van der Waals surface area contributed by atoms with Crippen molar-refractivity contribution in [3.8, 4) is 0 Å². The van der Waals surface area contributed by atoms with Crippen LogP contribution in [0.2, 0.25) is 5.02 Å². The first kappa shape index (κ1) is 14.3. The van der Waals surface area contributed by atoms with Crippen LogP contribution in [-0.2, 0) is 6.42 Å². The molecule has 0 heterocycles. The summed E-state index contributed by atoms with van der Waals surface area (Å²) in [5.74, 6) is -0.577. The van der Waals surface area contributed by atoms with Crippen LogP contribution in [0.25, 0.3) is 0 Å². The van der Waals surface area contributed by atoms with Crippen LogP contribution in [0.3, 0.4) is 0 Å². The van der Waals surface area contributed by atoms with Crippen molar-refractivity contribution in [2.45, 2.75) is 6.42 Å². The van der Waals surface area contributed by atoms with Crippen molar-refractivity contribution in [1.29, 1.82) is 0 Å². The van der Waals surface area contributed by atoms with Crippen molar-refractivity contribution in [3.05, 3.63) is 64.4 Å². The van der Waals surface area contributed by atoms with E-state index in [2.05, 4.69) is 5.32 Å². The third-order valence-electron chi connectivity index (χ3n) is 2.86. The number of nitrogens with one attached hydrogen (secondary N) is 1. The largest absolute Gasteiger partial charge is 0.398 e. The van der Waals surface area contributed by atoms with E-state index in [9.17, 15) is 9.18 Å². The Bertz CT molecular complexity index is 631. The van der Waals surface area contributed by atoms with E-state index in [1.807, 2.05) is 6.07 Å². The molecule has 0 atom stereocenters. The van der Waals surface area contributed by atoms with Gasteiger partial charge in [0.15, 0.2) is 0 Å². The second-order valence-electron chi connectivity index (χ2n) is 4.34. The van der Waals surface area contributed by atoms with Gasteiger partial charge in [0.2, 0.25) is 0 Å². The number of benzene rings is 2. The second kappa shape index (κ2) is 6.39. The average molecular weight is 293 g/mol. The molecule has 0 aromatic heterocycles. The van der Waals surface area contributed by atoms with Crippen LogP contribution in [0.1, 0.15) is 15.9 Å². The number of amides is 1. The number of halogens is 2. The third kappa shape index (κ3) is 3.48. The quantitative estimate of drug-likeness (QED) is 0.851. The van der Waals surface area contributed by atoms with Gasteiger partial charge in [-0.3, -0.25) is 4.79 Å². The van der Waals surface area contributed by atoms with E-state index >= 15 is 0 Å². The van der Waals surface area contributed by atoms with Gasteiger partial charge in [-0.05, 0) is 36.2 Å². The van der Waals surface area contributed by atoms with E-state index < -0.39 is 0 Å². The van der Waals surface area contributed by atoms with E-state index in [1.165, 1.54) is 12.1 Å². The zero-order chi connectivity index (χ0) is 14.5. The molecule has 0 aliphatic heterocycles. The van der Waals surface area contributed by atoms with E-state index in [0.29, 0.717) is 24.2 Å². The molecule has 0 radical (unpaired) electrons.